The summed E-state index contributed by atoms with van der Waals surface area (Å²) < 4.78 is 9.53. The summed E-state index contributed by atoms with van der Waals surface area (Å²) in [4.78, 5) is 15.2. The molecule has 5 nitrogen and oxygen atoms in total. The third kappa shape index (κ3) is 1.62. The van der Waals surface area contributed by atoms with Crippen LogP contribution in [0.1, 0.15) is 42.7 Å². The number of carbonyl (C=O) groups is 1. The molecule has 1 heterocycles. The molecular weight excluding hydrogens is 184 g/mol. The van der Waals surface area contributed by atoms with Crippen molar-refractivity contribution < 1.29 is 14.1 Å². The molecule has 0 aromatic carbocycles. The van der Waals surface area contributed by atoms with E-state index in [0.717, 1.165) is 6.42 Å². The molecule has 5 heteroatoms. The molecule has 1 fully saturated rings. The van der Waals surface area contributed by atoms with Gasteiger partial charge in [-0.1, -0.05) is 12.1 Å². The molecule has 0 aliphatic heterocycles. The lowest BCUT2D eigenvalue weighted by Gasteiger charge is -1.93. The lowest BCUT2D eigenvalue weighted by atomic mass is 10.3. The number of ether oxygens (including phenoxy) is 1. The minimum atomic E-state index is -0.542. The highest BCUT2D eigenvalue weighted by Crippen LogP contribution is 2.45. The minimum absolute atomic E-state index is 0.0408. The number of hydrogen-bond acceptors (Lipinski definition) is 5. The Hall–Kier alpha value is -1.39. The molecule has 0 spiro atoms. The second-order valence-electron chi connectivity index (χ2n) is 3.50. The van der Waals surface area contributed by atoms with E-state index >= 15 is 0 Å². The highest BCUT2D eigenvalue weighted by atomic mass is 16.6. The van der Waals surface area contributed by atoms with E-state index in [1.165, 1.54) is 0 Å². The maximum atomic E-state index is 11.2. The van der Waals surface area contributed by atoms with Crippen molar-refractivity contribution in [2.24, 2.45) is 5.92 Å². The molecule has 1 aliphatic rings. The van der Waals surface area contributed by atoms with Crippen molar-refractivity contribution in [1.29, 1.82) is 0 Å². The van der Waals surface area contributed by atoms with E-state index in [1.54, 1.807) is 6.92 Å². The first kappa shape index (κ1) is 9.18. The van der Waals surface area contributed by atoms with E-state index in [9.17, 15) is 4.79 Å². The molecule has 2 rings (SSSR count). The van der Waals surface area contributed by atoms with Crippen molar-refractivity contribution in [2.75, 3.05) is 6.61 Å². The molecule has 0 bridgehead atoms. The standard InChI is InChI=1S/C9H12N2O3/c1-3-13-9(12)8-10-7(11-14-8)6-4-5(6)2/h5-6H,3-4H2,1-2H3/t5-,6+/m1/s1. The summed E-state index contributed by atoms with van der Waals surface area (Å²) in [6.07, 6.45) is 1.07. The summed E-state index contributed by atoms with van der Waals surface area (Å²) >= 11 is 0. The maximum absolute atomic E-state index is 11.2. The van der Waals surface area contributed by atoms with Crippen molar-refractivity contribution in [1.82, 2.24) is 10.1 Å². The summed E-state index contributed by atoms with van der Waals surface area (Å²) in [6.45, 7) is 4.17. The van der Waals surface area contributed by atoms with Crippen molar-refractivity contribution in [3.05, 3.63) is 11.7 Å². The first-order chi connectivity index (χ1) is 6.72. The normalized spacial score (nSPS) is 24.7. The van der Waals surface area contributed by atoms with Crippen molar-refractivity contribution in [2.45, 2.75) is 26.2 Å². The van der Waals surface area contributed by atoms with Crippen molar-refractivity contribution in [3.8, 4) is 0 Å². The fourth-order valence-corrected chi connectivity index (χ4v) is 1.34. The van der Waals surface area contributed by atoms with Gasteiger partial charge < -0.3 is 9.26 Å². The van der Waals surface area contributed by atoms with Crippen molar-refractivity contribution >= 4 is 5.97 Å². The van der Waals surface area contributed by atoms with Crippen molar-refractivity contribution in [3.63, 3.8) is 0 Å². The smallest absolute Gasteiger partial charge is 0.397 e. The van der Waals surface area contributed by atoms with Crippen LogP contribution in [0.2, 0.25) is 0 Å². The fraction of sp³-hybridized carbons (Fsp3) is 0.667. The molecule has 0 radical (unpaired) electrons. The summed E-state index contributed by atoms with van der Waals surface area (Å²) in [7, 11) is 0. The molecule has 1 aliphatic carbocycles. The Morgan fingerprint density at radius 3 is 3.00 bits per heavy atom. The SMILES string of the molecule is CCOC(=O)c1nc([C@H]2C[C@H]2C)no1. The van der Waals surface area contributed by atoms with Gasteiger partial charge in [0.05, 0.1) is 6.61 Å². The summed E-state index contributed by atoms with van der Waals surface area (Å²) in [5.41, 5.74) is 0. The van der Waals surface area contributed by atoms with Gasteiger partial charge in [0.25, 0.3) is 0 Å². The second kappa shape index (κ2) is 3.40. The molecule has 0 saturated heterocycles. The van der Waals surface area contributed by atoms with Crippen LogP contribution in [0.5, 0.6) is 0 Å². The van der Waals surface area contributed by atoms with E-state index < -0.39 is 5.97 Å². The number of carbonyl (C=O) groups excluding carboxylic acids is 1. The number of nitrogens with zero attached hydrogens (tertiary/aromatic N) is 2. The molecule has 0 unspecified atom stereocenters. The highest BCUT2D eigenvalue weighted by Gasteiger charge is 2.38. The predicted octanol–water partition coefficient (Wildman–Crippen LogP) is 1.37. The van der Waals surface area contributed by atoms with Crippen LogP contribution in [0.25, 0.3) is 0 Å². The Morgan fingerprint density at radius 1 is 1.71 bits per heavy atom. The van der Waals surface area contributed by atoms with Crippen LogP contribution in [0.3, 0.4) is 0 Å². The van der Waals surface area contributed by atoms with E-state index in [2.05, 4.69) is 17.1 Å². The summed E-state index contributed by atoms with van der Waals surface area (Å²) in [5, 5.41) is 3.74. The zero-order chi connectivity index (χ0) is 10.1. The van der Waals surface area contributed by atoms with Crippen LogP contribution >= 0.6 is 0 Å². The van der Waals surface area contributed by atoms with Crippen LogP contribution < -0.4 is 0 Å². The Labute approximate surface area is 81.4 Å². The third-order valence-corrected chi connectivity index (χ3v) is 2.33. The van der Waals surface area contributed by atoms with Gasteiger partial charge in [-0.05, 0) is 19.3 Å². The molecule has 0 amide bonds. The molecule has 1 saturated carbocycles. The lowest BCUT2D eigenvalue weighted by Crippen LogP contribution is -2.04. The first-order valence-electron chi connectivity index (χ1n) is 4.73. The Morgan fingerprint density at radius 2 is 2.43 bits per heavy atom. The topological polar surface area (TPSA) is 65.2 Å². The van der Waals surface area contributed by atoms with Gasteiger partial charge in [-0.15, -0.1) is 0 Å². The maximum Gasteiger partial charge on any atom is 0.397 e. The molecule has 1 aromatic rings. The van der Waals surface area contributed by atoms with Crippen LogP contribution in [0.4, 0.5) is 0 Å². The summed E-state index contributed by atoms with van der Waals surface area (Å²) in [6, 6.07) is 0. The predicted molar refractivity (Wildman–Crippen MR) is 46.8 cm³/mol. The average molecular weight is 196 g/mol. The molecule has 2 atom stereocenters. The first-order valence-corrected chi connectivity index (χ1v) is 4.73. The molecule has 0 N–H and O–H groups in total. The van der Waals surface area contributed by atoms with E-state index in [1.807, 2.05) is 0 Å². The number of hydrogen-bond donors (Lipinski definition) is 0. The molecule has 76 valence electrons. The van der Waals surface area contributed by atoms with Crippen LogP contribution in [0.15, 0.2) is 4.52 Å². The van der Waals surface area contributed by atoms with Gasteiger partial charge in [0, 0.05) is 5.92 Å². The number of esters is 1. The Balaban J connectivity index is 2.06. The fourth-order valence-electron chi connectivity index (χ4n) is 1.34. The van der Waals surface area contributed by atoms with Gasteiger partial charge in [0.15, 0.2) is 5.82 Å². The molecule has 14 heavy (non-hydrogen) atoms. The van der Waals surface area contributed by atoms with Gasteiger partial charge >= 0.3 is 11.9 Å². The van der Waals surface area contributed by atoms with Gasteiger partial charge in [0.1, 0.15) is 0 Å². The minimum Gasteiger partial charge on any atom is -0.459 e. The Kier molecular flexibility index (Phi) is 2.23. The summed E-state index contributed by atoms with van der Waals surface area (Å²) in [5.74, 6) is 1.01. The zero-order valence-electron chi connectivity index (χ0n) is 8.19. The van der Waals surface area contributed by atoms with E-state index in [-0.39, 0.29) is 5.89 Å². The third-order valence-electron chi connectivity index (χ3n) is 2.33. The van der Waals surface area contributed by atoms with Crippen LogP contribution in [-0.4, -0.2) is 22.7 Å². The largest absolute Gasteiger partial charge is 0.459 e. The van der Waals surface area contributed by atoms with E-state index in [0.29, 0.717) is 24.3 Å². The number of aromatic nitrogens is 2. The lowest BCUT2D eigenvalue weighted by molar-refractivity contribution is 0.0470. The molecule has 1 aromatic heterocycles. The monoisotopic (exact) mass is 196 g/mol. The van der Waals surface area contributed by atoms with Gasteiger partial charge in [-0.2, -0.15) is 4.98 Å². The quantitative estimate of drug-likeness (QED) is 0.683. The average Bonchev–Trinajstić information content (AvgIpc) is 2.70. The van der Waals surface area contributed by atoms with Crippen LogP contribution in [-0.2, 0) is 4.74 Å². The Bertz CT molecular complexity index is 348. The van der Waals surface area contributed by atoms with Crippen LogP contribution in [0, 0.1) is 5.92 Å². The van der Waals surface area contributed by atoms with E-state index in [4.69, 9.17) is 9.26 Å². The highest BCUT2D eigenvalue weighted by molar-refractivity contribution is 5.83. The van der Waals surface area contributed by atoms with Gasteiger partial charge in [0.2, 0.25) is 0 Å². The molecular formula is C9H12N2O3. The second-order valence-corrected chi connectivity index (χ2v) is 3.50. The van der Waals surface area contributed by atoms with Gasteiger partial charge in [-0.3, -0.25) is 0 Å². The number of rotatable bonds is 3. The zero-order valence-corrected chi connectivity index (χ0v) is 8.19. The van der Waals surface area contributed by atoms with Gasteiger partial charge in [-0.25, -0.2) is 4.79 Å².